The largest absolute Gasteiger partial charge is 0.416 e. The molecule has 0 radical (unpaired) electrons. The van der Waals surface area contributed by atoms with E-state index in [0.717, 1.165) is 6.07 Å². The van der Waals surface area contributed by atoms with Crippen LogP contribution < -0.4 is 4.90 Å². The third-order valence-electron chi connectivity index (χ3n) is 9.45. The van der Waals surface area contributed by atoms with E-state index in [4.69, 9.17) is 4.74 Å². The minimum absolute atomic E-state index is 0.0119. The lowest BCUT2D eigenvalue weighted by atomic mass is 9.74. The number of carbonyl (C=O) groups excluding carboxylic acids is 2. The van der Waals surface area contributed by atoms with Crippen molar-refractivity contribution in [2.24, 2.45) is 13.0 Å². The van der Waals surface area contributed by atoms with Gasteiger partial charge in [0.15, 0.2) is 12.0 Å². The molecule has 4 heterocycles. The summed E-state index contributed by atoms with van der Waals surface area (Å²) in [5.41, 5.74) is -0.644. The maximum atomic E-state index is 15.9. The van der Waals surface area contributed by atoms with Gasteiger partial charge in [-0.25, -0.2) is 4.39 Å². The molecule has 6 rings (SSSR count). The molecule has 13 heteroatoms. The molecule has 2 saturated heterocycles. The van der Waals surface area contributed by atoms with Crippen LogP contribution in [-0.2, 0) is 41.3 Å². The highest BCUT2D eigenvalue weighted by atomic mass is 19.4. The summed E-state index contributed by atoms with van der Waals surface area (Å²) in [5.74, 6) is -0.271. The van der Waals surface area contributed by atoms with Crippen LogP contribution in [0.3, 0.4) is 0 Å². The van der Waals surface area contributed by atoms with Crippen molar-refractivity contribution in [2.75, 3.05) is 37.7 Å². The minimum atomic E-state index is -4.67. The monoisotopic (exact) mass is 628 g/mol. The maximum Gasteiger partial charge on any atom is 0.416 e. The Hall–Kier alpha value is -3.84. The van der Waals surface area contributed by atoms with Crippen LogP contribution in [0.1, 0.15) is 65.4 Å². The smallest absolute Gasteiger partial charge is 0.379 e. The number of rotatable bonds is 7. The Morgan fingerprint density at radius 3 is 2.51 bits per heavy atom. The second kappa shape index (κ2) is 11.5. The van der Waals surface area contributed by atoms with Crippen LogP contribution in [0.25, 0.3) is 0 Å². The Bertz CT molecular complexity index is 1620. The SMILES string of the molecule is CC(=O)N1CCN(Cc2cc3c(c(C(F)(F)F)c2)CN(c2cccc(C4([C@H](F)c5nncn5C)COC4)c2)C3=O)[C@@H](C(C)C)C1. The minimum Gasteiger partial charge on any atom is -0.379 e. The standard InChI is InChI=1S/C32H36F4N6O3/c1-19(2)27-15-40(20(3)43)8-9-41(27)13-21-10-24-25(26(11-21)32(34,35)36)14-42(30(24)44)23-7-5-6-22(12-23)31(16-45-17-31)28(33)29-38-37-18-39(29)4/h5-7,10-12,18-19,27-28H,8-9,13-17H2,1-4H3/t27-,28-/m1/s1. The molecule has 3 aliphatic rings. The summed E-state index contributed by atoms with van der Waals surface area (Å²) in [5, 5.41) is 7.71. The highest BCUT2D eigenvalue weighted by Gasteiger charge is 2.51. The first-order valence-corrected chi connectivity index (χ1v) is 15.0. The molecule has 1 aromatic heterocycles. The van der Waals surface area contributed by atoms with E-state index in [1.54, 1.807) is 42.3 Å². The number of carbonyl (C=O) groups is 2. The Morgan fingerprint density at radius 1 is 1.16 bits per heavy atom. The number of halogens is 4. The van der Waals surface area contributed by atoms with Crippen molar-refractivity contribution in [1.29, 1.82) is 0 Å². The van der Waals surface area contributed by atoms with Gasteiger partial charge in [0.05, 0.1) is 30.7 Å². The molecule has 2 atom stereocenters. The number of anilines is 1. The third-order valence-corrected chi connectivity index (χ3v) is 9.45. The van der Waals surface area contributed by atoms with Crippen molar-refractivity contribution in [1.82, 2.24) is 24.6 Å². The van der Waals surface area contributed by atoms with Gasteiger partial charge in [-0.1, -0.05) is 26.0 Å². The van der Waals surface area contributed by atoms with Crippen molar-refractivity contribution in [2.45, 2.75) is 57.7 Å². The van der Waals surface area contributed by atoms with Crippen molar-refractivity contribution >= 4 is 17.5 Å². The maximum absolute atomic E-state index is 15.9. The summed E-state index contributed by atoms with van der Waals surface area (Å²) in [4.78, 5) is 31.0. The molecule has 2 amide bonds. The lowest BCUT2D eigenvalue weighted by Crippen LogP contribution is -2.55. The van der Waals surface area contributed by atoms with Gasteiger partial charge in [0.25, 0.3) is 5.91 Å². The van der Waals surface area contributed by atoms with E-state index < -0.39 is 29.2 Å². The molecule has 0 saturated carbocycles. The zero-order valence-corrected chi connectivity index (χ0v) is 25.6. The van der Waals surface area contributed by atoms with Gasteiger partial charge in [-0.15, -0.1) is 10.2 Å². The molecule has 0 aliphatic carbocycles. The number of benzene rings is 2. The van der Waals surface area contributed by atoms with Crippen molar-refractivity contribution in [3.05, 3.63) is 76.4 Å². The normalized spacial score (nSPS) is 20.8. The van der Waals surface area contributed by atoms with E-state index in [1.165, 1.54) is 22.7 Å². The van der Waals surface area contributed by atoms with Crippen LogP contribution in [0.2, 0.25) is 0 Å². The topological polar surface area (TPSA) is 83.8 Å². The first kappa shape index (κ1) is 31.2. The number of hydrogen-bond donors (Lipinski definition) is 0. The van der Waals surface area contributed by atoms with E-state index in [2.05, 4.69) is 15.1 Å². The second-order valence-electron chi connectivity index (χ2n) is 12.7. The number of alkyl halides is 4. The second-order valence-corrected chi connectivity index (χ2v) is 12.7. The van der Waals surface area contributed by atoms with Crippen LogP contribution in [0, 0.1) is 5.92 Å². The fraction of sp³-hybridized carbons (Fsp3) is 0.500. The first-order chi connectivity index (χ1) is 21.3. The molecule has 9 nitrogen and oxygen atoms in total. The summed E-state index contributed by atoms with van der Waals surface area (Å²) >= 11 is 0. The van der Waals surface area contributed by atoms with E-state index in [-0.39, 0.29) is 61.1 Å². The summed E-state index contributed by atoms with van der Waals surface area (Å²) in [6, 6.07) is 9.39. The average Bonchev–Trinajstić information content (AvgIpc) is 3.54. The molecule has 240 valence electrons. The van der Waals surface area contributed by atoms with Gasteiger partial charge < -0.3 is 19.1 Å². The lowest BCUT2D eigenvalue weighted by molar-refractivity contribution is -0.138. The summed E-state index contributed by atoms with van der Waals surface area (Å²) in [7, 11) is 1.65. The molecular formula is C32H36F4N6O3. The van der Waals surface area contributed by atoms with Crippen LogP contribution in [0.4, 0.5) is 23.2 Å². The Kier molecular flexibility index (Phi) is 7.97. The molecule has 2 aromatic carbocycles. The zero-order valence-electron chi connectivity index (χ0n) is 25.6. The summed E-state index contributed by atoms with van der Waals surface area (Å²) < 4.78 is 66.3. The van der Waals surface area contributed by atoms with Gasteiger partial charge in [-0.05, 0) is 46.9 Å². The number of hydrogen-bond acceptors (Lipinski definition) is 6. The summed E-state index contributed by atoms with van der Waals surface area (Å²) in [6.07, 6.45) is -4.81. The molecule has 0 spiro atoms. The molecular weight excluding hydrogens is 592 g/mol. The van der Waals surface area contributed by atoms with Gasteiger partial charge in [0, 0.05) is 57.4 Å². The van der Waals surface area contributed by atoms with Gasteiger partial charge in [0.2, 0.25) is 5.91 Å². The number of fused-ring (bicyclic) bond motifs is 1. The number of aromatic nitrogens is 3. The van der Waals surface area contributed by atoms with Crippen molar-refractivity contribution in [3.63, 3.8) is 0 Å². The molecule has 3 aliphatic heterocycles. The quantitative estimate of drug-likeness (QED) is 0.354. The van der Waals surface area contributed by atoms with Crippen molar-refractivity contribution in [3.8, 4) is 0 Å². The van der Waals surface area contributed by atoms with E-state index >= 15 is 4.39 Å². The number of nitrogens with zero attached hydrogens (tertiary/aromatic N) is 6. The number of amides is 2. The van der Waals surface area contributed by atoms with Crippen LogP contribution >= 0.6 is 0 Å². The van der Waals surface area contributed by atoms with Crippen LogP contribution in [0.15, 0.2) is 42.7 Å². The highest BCUT2D eigenvalue weighted by molar-refractivity contribution is 6.10. The van der Waals surface area contributed by atoms with Crippen LogP contribution in [-0.4, -0.2) is 75.3 Å². The fourth-order valence-corrected chi connectivity index (χ4v) is 6.75. The Balaban J connectivity index is 1.31. The number of aryl methyl sites for hydroxylation is 1. The van der Waals surface area contributed by atoms with Gasteiger partial charge in [0.1, 0.15) is 6.33 Å². The molecule has 45 heavy (non-hydrogen) atoms. The van der Waals surface area contributed by atoms with Crippen LogP contribution in [0.5, 0.6) is 0 Å². The molecule has 0 bridgehead atoms. The summed E-state index contributed by atoms with van der Waals surface area (Å²) in [6.45, 7) is 7.19. The van der Waals surface area contributed by atoms with E-state index in [1.807, 2.05) is 13.8 Å². The third kappa shape index (κ3) is 5.50. The fourth-order valence-electron chi connectivity index (χ4n) is 6.75. The van der Waals surface area contributed by atoms with Crippen molar-refractivity contribution < 1.29 is 31.9 Å². The van der Waals surface area contributed by atoms with E-state index in [9.17, 15) is 22.8 Å². The lowest BCUT2D eigenvalue weighted by Gasteiger charge is -2.43. The first-order valence-electron chi connectivity index (χ1n) is 15.0. The Morgan fingerprint density at radius 2 is 1.91 bits per heavy atom. The van der Waals surface area contributed by atoms with Gasteiger partial charge in [-0.3, -0.25) is 14.5 Å². The zero-order chi connectivity index (χ0) is 32.3. The predicted octanol–water partition coefficient (Wildman–Crippen LogP) is 4.66. The predicted molar refractivity (Wildman–Crippen MR) is 157 cm³/mol. The number of ether oxygens (including phenoxy) is 1. The van der Waals surface area contributed by atoms with Gasteiger partial charge >= 0.3 is 6.18 Å². The average molecular weight is 629 g/mol. The molecule has 2 fully saturated rings. The number of piperazine rings is 1. The highest BCUT2D eigenvalue weighted by Crippen LogP contribution is 2.47. The van der Waals surface area contributed by atoms with E-state index in [0.29, 0.717) is 36.4 Å². The Labute approximate surface area is 258 Å². The molecule has 3 aromatic rings. The molecule has 0 unspecified atom stereocenters. The molecule has 0 N–H and O–H groups in total. The van der Waals surface area contributed by atoms with Gasteiger partial charge in [-0.2, -0.15) is 13.2 Å².